The Kier molecular flexibility index (Phi) is 3.45. The molecule has 2 bridgehead atoms. The van der Waals surface area contributed by atoms with Gasteiger partial charge in [-0.2, -0.15) is 0 Å². The largest absolute Gasteiger partial charge is 0.466 e. The van der Waals surface area contributed by atoms with Crippen molar-refractivity contribution >= 4 is 17.7 Å². The lowest BCUT2D eigenvalue weighted by Gasteiger charge is -2.22. The van der Waals surface area contributed by atoms with E-state index in [1.165, 1.54) is 0 Å². The van der Waals surface area contributed by atoms with E-state index in [1.54, 1.807) is 6.92 Å². The maximum atomic E-state index is 11.8. The van der Waals surface area contributed by atoms with Crippen LogP contribution in [0.2, 0.25) is 0 Å². The first kappa shape index (κ1) is 12.1. The molecule has 2 heterocycles. The minimum atomic E-state index is -0.667. The van der Waals surface area contributed by atoms with Crippen LogP contribution in [0.1, 0.15) is 32.6 Å². The number of hydrogen-bond acceptors (Lipinski definition) is 5. The van der Waals surface area contributed by atoms with Gasteiger partial charge in [-0.3, -0.25) is 14.4 Å². The molecule has 5 heteroatoms. The van der Waals surface area contributed by atoms with Crippen molar-refractivity contribution in [1.29, 1.82) is 0 Å². The van der Waals surface area contributed by atoms with Crippen molar-refractivity contribution in [3.8, 4) is 0 Å². The van der Waals surface area contributed by atoms with Crippen molar-refractivity contribution < 1.29 is 23.9 Å². The van der Waals surface area contributed by atoms with Crippen LogP contribution in [-0.4, -0.2) is 30.4 Å². The highest BCUT2D eigenvalue weighted by molar-refractivity contribution is 6.01. The molecule has 5 nitrogen and oxygen atoms in total. The molecule has 0 radical (unpaired) electrons. The third kappa shape index (κ3) is 2.33. The fraction of sp³-hybridized carbons (Fsp3) is 0.750. The van der Waals surface area contributed by atoms with Crippen LogP contribution in [0.4, 0.5) is 0 Å². The molecule has 17 heavy (non-hydrogen) atoms. The van der Waals surface area contributed by atoms with E-state index in [2.05, 4.69) is 0 Å². The molecule has 0 amide bonds. The van der Waals surface area contributed by atoms with Crippen molar-refractivity contribution in [1.82, 2.24) is 0 Å². The topological polar surface area (TPSA) is 69.7 Å². The van der Waals surface area contributed by atoms with Gasteiger partial charge in [0.1, 0.15) is 23.7 Å². The Morgan fingerprint density at radius 3 is 2.88 bits per heavy atom. The van der Waals surface area contributed by atoms with Crippen LogP contribution >= 0.6 is 0 Å². The average molecular weight is 240 g/mol. The summed E-state index contributed by atoms with van der Waals surface area (Å²) in [5.41, 5.74) is 0. The van der Waals surface area contributed by atoms with Crippen LogP contribution in [0.15, 0.2) is 0 Å². The van der Waals surface area contributed by atoms with E-state index in [0.717, 1.165) is 6.42 Å². The molecule has 0 N–H and O–H groups in total. The van der Waals surface area contributed by atoms with Gasteiger partial charge in [0.15, 0.2) is 0 Å². The minimum Gasteiger partial charge on any atom is -0.466 e. The van der Waals surface area contributed by atoms with Crippen molar-refractivity contribution in [2.24, 2.45) is 11.8 Å². The summed E-state index contributed by atoms with van der Waals surface area (Å²) in [6.07, 6.45) is 1.50. The molecular formula is C12H16O5. The van der Waals surface area contributed by atoms with Gasteiger partial charge in [-0.15, -0.1) is 0 Å². The van der Waals surface area contributed by atoms with E-state index >= 15 is 0 Å². The van der Waals surface area contributed by atoms with Crippen LogP contribution in [0.5, 0.6) is 0 Å². The fourth-order valence-corrected chi connectivity index (χ4v) is 2.48. The Morgan fingerprint density at radius 1 is 1.41 bits per heavy atom. The third-order valence-electron chi connectivity index (χ3n) is 3.38. The second-order valence-electron chi connectivity index (χ2n) is 4.49. The lowest BCUT2D eigenvalue weighted by atomic mass is 9.85. The van der Waals surface area contributed by atoms with Gasteiger partial charge in [-0.05, 0) is 26.2 Å². The van der Waals surface area contributed by atoms with Gasteiger partial charge < -0.3 is 9.47 Å². The molecule has 0 saturated carbocycles. The van der Waals surface area contributed by atoms with Crippen LogP contribution in [0.3, 0.4) is 0 Å². The summed E-state index contributed by atoms with van der Waals surface area (Å²) in [6.45, 7) is 1.99. The highest BCUT2D eigenvalue weighted by Gasteiger charge is 2.44. The van der Waals surface area contributed by atoms with Gasteiger partial charge in [-0.1, -0.05) is 0 Å². The van der Waals surface area contributed by atoms with Crippen molar-refractivity contribution in [2.75, 3.05) is 6.61 Å². The summed E-state index contributed by atoms with van der Waals surface area (Å²) >= 11 is 0. The molecule has 0 aromatic rings. The summed E-state index contributed by atoms with van der Waals surface area (Å²) in [7, 11) is 0. The molecule has 0 unspecified atom stereocenters. The van der Waals surface area contributed by atoms with Gasteiger partial charge in [-0.25, -0.2) is 0 Å². The number of rotatable bonds is 2. The molecule has 94 valence electrons. The molecule has 2 saturated heterocycles. The van der Waals surface area contributed by atoms with Crippen LogP contribution in [0, 0.1) is 11.8 Å². The average Bonchev–Trinajstić information content (AvgIpc) is 2.52. The third-order valence-corrected chi connectivity index (χ3v) is 3.38. The highest BCUT2D eigenvalue weighted by Crippen LogP contribution is 2.32. The summed E-state index contributed by atoms with van der Waals surface area (Å²) < 4.78 is 10.2. The first-order chi connectivity index (χ1) is 8.13. The zero-order valence-corrected chi connectivity index (χ0v) is 9.81. The lowest BCUT2D eigenvalue weighted by molar-refractivity contribution is -0.160. The number of ketones is 1. The predicted octanol–water partition coefficient (Wildman–Crippen LogP) is 0.850. The van der Waals surface area contributed by atoms with Crippen LogP contribution < -0.4 is 0 Å². The molecular weight excluding hydrogens is 224 g/mol. The Labute approximate surface area is 99.5 Å². The summed E-state index contributed by atoms with van der Waals surface area (Å²) in [5, 5.41) is 0. The molecule has 0 aliphatic carbocycles. The van der Waals surface area contributed by atoms with Gasteiger partial charge in [0.2, 0.25) is 0 Å². The number of fused-ring (bicyclic) bond motifs is 3. The fourth-order valence-electron chi connectivity index (χ4n) is 2.48. The molecule has 0 aromatic carbocycles. The smallest absolute Gasteiger partial charge is 0.316 e. The van der Waals surface area contributed by atoms with E-state index < -0.39 is 29.9 Å². The Hall–Kier alpha value is -1.39. The van der Waals surface area contributed by atoms with Crippen molar-refractivity contribution in [3.05, 3.63) is 0 Å². The van der Waals surface area contributed by atoms with Crippen molar-refractivity contribution in [2.45, 2.75) is 38.7 Å². The van der Waals surface area contributed by atoms with E-state index in [0.29, 0.717) is 12.8 Å². The molecule has 3 atom stereocenters. The second-order valence-corrected chi connectivity index (χ2v) is 4.49. The quantitative estimate of drug-likeness (QED) is 0.528. The summed E-state index contributed by atoms with van der Waals surface area (Å²) in [6, 6.07) is 0. The highest BCUT2D eigenvalue weighted by atomic mass is 16.6. The number of carbonyl (C=O) groups is 3. The first-order valence-electron chi connectivity index (χ1n) is 6.03. The van der Waals surface area contributed by atoms with Gasteiger partial charge >= 0.3 is 11.9 Å². The van der Waals surface area contributed by atoms with E-state index in [9.17, 15) is 14.4 Å². The number of hydrogen-bond donors (Lipinski definition) is 0. The maximum absolute atomic E-state index is 11.8. The van der Waals surface area contributed by atoms with Crippen LogP contribution in [0.25, 0.3) is 0 Å². The normalized spacial score (nSPS) is 32.6. The minimum absolute atomic E-state index is 0.0694. The zero-order chi connectivity index (χ0) is 12.4. The Balaban J connectivity index is 2.21. The number of ether oxygens (including phenoxy) is 2. The monoisotopic (exact) mass is 240 g/mol. The standard InChI is InChI=1S/C12H16O5/c1-2-16-11(14)8-6-9(13)7-4-3-5-10(8)17-12(7)15/h7-8,10H,2-6H2,1H3/t7-,8+,10-/m1/s1. The zero-order valence-electron chi connectivity index (χ0n) is 9.81. The number of carbonyl (C=O) groups excluding carboxylic acids is 3. The van der Waals surface area contributed by atoms with E-state index in [-0.39, 0.29) is 18.8 Å². The van der Waals surface area contributed by atoms with Gasteiger partial charge in [0, 0.05) is 6.42 Å². The Morgan fingerprint density at radius 2 is 2.18 bits per heavy atom. The Bertz CT molecular complexity index is 349. The van der Waals surface area contributed by atoms with E-state index in [1.807, 2.05) is 0 Å². The molecule has 0 aromatic heterocycles. The summed E-state index contributed by atoms with van der Waals surface area (Å²) in [5.74, 6) is -2.36. The summed E-state index contributed by atoms with van der Waals surface area (Å²) in [4.78, 5) is 35.2. The van der Waals surface area contributed by atoms with Gasteiger partial charge in [0.25, 0.3) is 0 Å². The van der Waals surface area contributed by atoms with Crippen LogP contribution in [-0.2, 0) is 23.9 Å². The van der Waals surface area contributed by atoms with E-state index in [4.69, 9.17) is 9.47 Å². The molecule has 2 aliphatic heterocycles. The number of esters is 2. The molecule has 0 spiro atoms. The maximum Gasteiger partial charge on any atom is 0.316 e. The molecule has 2 fully saturated rings. The predicted molar refractivity (Wildman–Crippen MR) is 57.0 cm³/mol. The lowest BCUT2D eigenvalue weighted by Crippen LogP contribution is -2.32. The van der Waals surface area contributed by atoms with Crippen molar-refractivity contribution in [3.63, 3.8) is 0 Å². The molecule has 2 aliphatic rings. The first-order valence-corrected chi connectivity index (χ1v) is 6.03. The SMILES string of the molecule is CCOC(=O)[C@H]1CC(=O)[C@H]2CCC[C@H]1OC2=O. The molecule has 2 rings (SSSR count). The van der Waals surface area contributed by atoms with Gasteiger partial charge in [0.05, 0.1) is 6.61 Å². The second kappa shape index (κ2) is 4.85. The number of Topliss-reactive ketones (excluding diaryl/α,β-unsaturated/α-hetero) is 1.